The molecule has 2 rings (SSSR count). The quantitative estimate of drug-likeness (QED) is 0.749. The number of nitrogens with zero attached hydrogens (tertiary/aromatic N) is 1. The Hall–Kier alpha value is -1.56. The summed E-state index contributed by atoms with van der Waals surface area (Å²) in [7, 11) is 1.53. The van der Waals surface area contributed by atoms with Crippen molar-refractivity contribution in [1.29, 1.82) is 0 Å². The molecule has 1 fully saturated rings. The SMILES string of the molecule is CCOC(=O)CN(C(=O)c1sccc1OC)C1CC1. The topological polar surface area (TPSA) is 55.8 Å². The lowest BCUT2D eigenvalue weighted by molar-refractivity contribution is -0.144. The van der Waals surface area contributed by atoms with Crippen LogP contribution in [0.3, 0.4) is 0 Å². The van der Waals surface area contributed by atoms with Gasteiger partial charge in [0.1, 0.15) is 17.2 Å². The van der Waals surface area contributed by atoms with Crippen LogP contribution in [0.15, 0.2) is 11.4 Å². The molecule has 0 N–H and O–H groups in total. The predicted octanol–water partition coefficient (Wildman–Crippen LogP) is 1.92. The molecule has 1 heterocycles. The van der Waals surface area contributed by atoms with Crippen molar-refractivity contribution < 1.29 is 19.1 Å². The summed E-state index contributed by atoms with van der Waals surface area (Å²) in [5, 5.41) is 1.81. The Kier molecular flexibility index (Phi) is 4.42. The highest BCUT2D eigenvalue weighted by Gasteiger charge is 2.36. The van der Waals surface area contributed by atoms with Gasteiger partial charge in [0.2, 0.25) is 0 Å². The number of amides is 1. The first-order valence-corrected chi connectivity index (χ1v) is 7.13. The molecule has 104 valence electrons. The highest BCUT2D eigenvalue weighted by atomic mass is 32.1. The van der Waals surface area contributed by atoms with Crippen LogP contribution in [0.1, 0.15) is 29.4 Å². The minimum Gasteiger partial charge on any atom is -0.495 e. The second-order valence-corrected chi connectivity index (χ2v) is 5.20. The van der Waals surface area contributed by atoms with E-state index < -0.39 is 0 Å². The summed E-state index contributed by atoms with van der Waals surface area (Å²) < 4.78 is 10.1. The van der Waals surface area contributed by atoms with Gasteiger partial charge in [-0.15, -0.1) is 11.3 Å². The molecule has 0 aromatic carbocycles. The molecule has 0 aliphatic heterocycles. The van der Waals surface area contributed by atoms with Gasteiger partial charge in [-0.3, -0.25) is 9.59 Å². The van der Waals surface area contributed by atoms with E-state index in [1.807, 2.05) is 5.38 Å². The summed E-state index contributed by atoms with van der Waals surface area (Å²) in [6.45, 7) is 2.09. The van der Waals surface area contributed by atoms with Gasteiger partial charge in [-0.25, -0.2) is 0 Å². The van der Waals surface area contributed by atoms with Crippen LogP contribution in [0.2, 0.25) is 0 Å². The molecule has 0 atom stereocenters. The normalized spacial score (nSPS) is 14.0. The maximum atomic E-state index is 12.5. The lowest BCUT2D eigenvalue weighted by Crippen LogP contribution is -2.38. The molecule has 0 radical (unpaired) electrons. The molecule has 1 aliphatic rings. The molecule has 5 nitrogen and oxygen atoms in total. The van der Waals surface area contributed by atoms with Crippen molar-refractivity contribution in [2.24, 2.45) is 0 Å². The van der Waals surface area contributed by atoms with E-state index in [9.17, 15) is 9.59 Å². The van der Waals surface area contributed by atoms with Crippen LogP contribution in [-0.4, -0.2) is 43.1 Å². The highest BCUT2D eigenvalue weighted by molar-refractivity contribution is 7.12. The molecule has 0 bridgehead atoms. The first-order chi connectivity index (χ1) is 9.17. The Balaban J connectivity index is 2.10. The summed E-state index contributed by atoms with van der Waals surface area (Å²) in [6, 6.07) is 1.91. The van der Waals surface area contributed by atoms with Crippen molar-refractivity contribution in [3.05, 3.63) is 16.3 Å². The van der Waals surface area contributed by atoms with Gasteiger partial charge in [0.05, 0.1) is 13.7 Å². The zero-order valence-electron chi connectivity index (χ0n) is 11.0. The number of thiophene rings is 1. The number of carbonyl (C=O) groups is 2. The maximum Gasteiger partial charge on any atom is 0.325 e. The summed E-state index contributed by atoms with van der Waals surface area (Å²) in [5.41, 5.74) is 0. The third-order valence-corrected chi connectivity index (χ3v) is 3.78. The summed E-state index contributed by atoms with van der Waals surface area (Å²) in [5.74, 6) is 0.0465. The van der Waals surface area contributed by atoms with E-state index in [4.69, 9.17) is 9.47 Å². The molecular formula is C13H17NO4S. The number of carbonyl (C=O) groups excluding carboxylic acids is 2. The van der Waals surface area contributed by atoms with Crippen molar-refractivity contribution in [2.75, 3.05) is 20.3 Å². The van der Waals surface area contributed by atoms with E-state index in [1.165, 1.54) is 18.4 Å². The second kappa shape index (κ2) is 6.06. The summed E-state index contributed by atoms with van der Waals surface area (Å²) in [4.78, 5) is 26.2. The molecular weight excluding hydrogens is 266 g/mol. The van der Waals surface area contributed by atoms with Gasteiger partial charge in [0.15, 0.2) is 0 Å². The van der Waals surface area contributed by atoms with E-state index in [0.717, 1.165) is 12.8 Å². The minimum atomic E-state index is -0.363. The highest BCUT2D eigenvalue weighted by Crippen LogP contribution is 2.32. The molecule has 19 heavy (non-hydrogen) atoms. The Morgan fingerprint density at radius 2 is 2.21 bits per heavy atom. The lowest BCUT2D eigenvalue weighted by atomic mass is 10.3. The van der Waals surface area contributed by atoms with Gasteiger partial charge >= 0.3 is 5.97 Å². The summed E-state index contributed by atoms with van der Waals surface area (Å²) >= 11 is 1.33. The van der Waals surface area contributed by atoms with E-state index in [0.29, 0.717) is 17.2 Å². The van der Waals surface area contributed by atoms with Crippen LogP contribution < -0.4 is 4.74 Å². The minimum absolute atomic E-state index is 0.0123. The number of hydrogen-bond acceptors (Lipinski definition) is 5. The third kappa shape index (κ3) is 3.26. The number of hydrogen-bond donors (Lipinski definition) is 0. The van der Waals surface area contributed by atoms with E-state index in [-0.39, 0.29) is 24.5 Å². The summed E-state index contributed by atoms with van der Waals surface area (Å²) in [6.07, 6.45) is 1.89. The maximum absolute atomic E-state index is 12.5. The third-order valence-electron chi connectivity index (χ3n) is 2.90. The molecule has 1 aliphatic carbocycles. The average molecular weight is 283 g/mol. The van der Waals surface area contributed by atoms with Crippen molar-refractivity contribution in [3.63, 3.8) is 0 Å². The fraction of sp³-hybridized carbons (Fsp3) is 0.538. The van der Waals surface area contributed by atoms with Crippen molar-refractivity contribution in [1.82, 2.24) is 4.90 Å². The van der Waals surface area contributed by atoms with Crippen LogP contribution in [0.5, 0.6) is 5.75 Å². The largest absolute Gasteiger partial charge is 0.495 e. The van der Waals surface area contributed by atoms with Crippen LogP contribution in [0.25, 0.3) is 0 Å². The number of ether oxygens (including phenoxy) is 2. The van der Waals surface area contributed by atoms with Crippen molar-refractivity contribution in [3.8, 4) is 5.75 Å². The monoisotopic (exact) mass is 283 g/mol. The lowest BCUT2D eigenvalue weighted by Gasteiger charge is -2.21. The van der Waals surface area contributed by atoms with Crippen LogP contribution >= 0.6 is 11.3 Å². The zero-order chi connectivity index (χ0) is 13.8. The van der Waals surface area contributed by atoms with Crippen LogP contribution in [0.4, 0.5) is 0 Å². The fourth-order valence-corrected chi connectivity index (χ4v) is 2.66. The van der Waals surface area contributed by atoms with Gasteiger partial charge in [-0.05, 0) is 31.2 Å². The molecule has 1 amide bonds. The van der Waals surface area contributed by atoms with Crippen LogP contribution in [-0.2, 0) is 9.53 Å². The van der Waals surface area contributed by atoms with E-state index in [1.54, 1.807) is 17.9 Å². The number of esters is 1. The molecule has 1 aromatic heterocycles. The molecule has 0 spiro atoms. The molecule has 0 saturated heterocycles. The van der Waals surface area contributed by atoms with Gasteiger partial charge < -0.3 is 14.4 Å². The Labute approximate surface area is 116 Å². The first kappa shape index (κ1) is 13.9. The zero-order valence-corrected chi connectivity index (χ0v) is 11.9. The average Bonchev–Trinajstić information content (AvgIpc) is 3.12. The van der Waals surface area contributed by atoms with E-state index >= 15 is 0 Å². The van der Waals surface area contributed by atoms with Gasteiger partial charge in [0.25, 0.3) is 5.91 Å². The standard InChI is InChI=1S/C13H17NO4S/c1-3-18-11(15)8-14(9-4-5-9)13(16)12-10(17-2)6-7-19-12/h6-7,9H,3-5,8H2,1-2H3. The Morgan fingerprint density at radius 1 is 1.47 bits per heavy atom. The molecule has 0 unspecified atom stereocenters. The van der Waals surface area contributed by atoms with Gasteiger partial charge in [0, 0.05) is 6.04 Å². The van der Waals surface area contributed by atoms with Gasteiger partial charge in [-0.1, -0.05) is 0 Å². The van der Waals surface area contributed by atoms with Crippen molar-refractivity contribution in [2.45, 2.75) is 25.8 Å². The Morgan fingerprint density at radius 3 is 2.79 bits per heavy atom. The number of rotatable bonds is 6. The molecule has 1 aromatic rings. The smallest absolute Gasteiger partial charge is 0.325 e. The van der Waals surface area contributed by atoms with Crippen LogP contribution in [0, 0.1) is 0 Å². The van der Waals surface area contributed by atoms with Gasteiger partial charge in [-0.2, -0.15) is 0 Å². The molecule has 6 heteroatoms. The first-order valence-electron chi connectivity index (χ1n) is 6.25. The molecule has 1 saturated carbocycles. The second-order valence-electron chi connectivity index (χ2n) is 4.29. The fourth-order valence-electron chi connectivity index (χ4n) is 1.84. The van der Waals surface area contributed by atoms with Crippen molar-refractivity contribution >= 4 is 23.2 Å². The Bertz CT molecular complexity index is 467. The van der Waals surface area contributed by atoms with E-state index in [2.05, 4.69) is 0 Å². The predicted molar refractivity (Wildman–Crippen MR) is 71.6 cm³/mol. The number of methoxy groups -OCH3 is 1.